The summed E-state index contributed by atoms with van der Waals surface area (Å²) < 4.78 is 12.9. The number of rotatable bonds is 8. The Morgan fingerprint density at radius 2 is 1.57 bits per heavy atom. The molecule has 0 radical (unpaired) electrons. The van der Waals surface area contributed by atoms with Gasteiger partial charge >= 0.3 is 0 Å². The van der Waals surface area contributed by atoms with Crippen LogP contribution in [0.25, 0.3) is 0 Å². The molecule has 5 heteroatoms. The van der Waals surface area contributed by atoms with Gasteiger partial charge in [-0.25, -0.2) is 4.39 Å². The summed E-state index contributed by atoms with van der Waals surface area (Å²) >= 11 is 0. The Balaban J connectivity index is 0. The molecule has 4 nitrogen and oxygen atoms in total. The van der Waals surface area contributed by atoms with Gasteiger partial charge in [-0.2, -0.15) is 0 Å². The van der Waals surface area contributed by atoms with E-state index in [4.69, 9.17) is 5.41 Å². The summed E-state index contributed by atoms with van der Waals surface area (Å²) in [7, 11) is 1.62. The van der Waals surface area contributed by atoms with Crippen LogP contribution in [0.15, 0.2) is 110 Å². The lowest BCUT2D eigenvalue weighted by molar-refractivity contribution is -0.116. The van der Waals surface area contributed by atoms with E-state index in [1.807, 2.05) is 57.2 Å². The van der Waals surface area contributed by atoms with Crippen LogP contribution in [0.1, 0.15) is 58.6 Å². The van der Waals surface area contributed by atoms with Gasteiger partial charge < -0.3 is 10.6 Å². The van der Waals surface area contributed by atoms with Gasteiger partial charge in [0.2, 0.25) is 0 Å². The monoisotopic (exact) mass is 505 g/mol. The normalized spacial score (nSPS) is 10.1. The lowest BCUT2D eigenvalue weighted by Crippen LogP contribution is -2.18. The van der Waals surface area contributed by atoms with Crippen molar-refractivity contribution in [2.45, 2.75) is 47.5 Å². The van der Waals surface area contributed by atoms with Crippen LogP contribution >= 0.6 is 0 Å². The van der Waals surface area contributed by atoms with Gasteiger partial charge in [0.25, 0.3) is 5.91 Å². The molecule has 0 aliphatic rings. The highest BCUT2D eigenvalue weighted by Gasteiger charge is 2.08. The molecule has 0 saturated carbocycles. The average Bonchev–Trinajstić information content (AvgIpc) is 2.93. The van der Waals surface area contributed by atoms with Crippen molar-refractivity contribution in [3.05, 3.63) is 127 Å². The molecule has 0 spiro atoms. The van der Waals surface area contributed by atoms with Crippen molar-refractivity contribution in [2.75, 3.05) is 12.4 Å². The van der Waals surface area contributed by atoms with Crippen LogP contribution in [0.4, 0.5) is 10.1 Å². The Hall–Kier alpha value is -3.99. The minimum atomic E-state index is -0.302. The number of para-hydroxylation sites is 1. The van der Waals surface area contributed by atoms with Crippen LogP contribution in [-0.4, -0.2) is 18.7 Å². The molecule has 2 aromatic carbocycles. The molecule has 0 aliphatic heterocycles. The van der Waals surface area contributed by atoms with E-state index in [2.05, 4.69) is 49.8 Å². The zero-order valence-corrected chi connectivity index (χ0v) is 23.3. The van der Waals surface area contributed by atoms with Gasteiger partial charge in [-0.1, -0.05) is 75.1 Å². The first-order valence-corrected chi connectivity index (χ1v) is 12.4. The molecule has 2 rings (SSSR count). The van der Waals surface area contributed by atoms with E-state index in [1.54, 1.807) is 37.5 Å². The first kappa shape index (κ1) is 35.2. The molecule has 0 bridgehead atoms. The predicted octanol–water partition coefficient (Wildman–Crippen LogP) is 8.61. The largest absolute Gasteiger partial charge is 0.362 e. The van der Waals surface area contributed by atoms with Gasteiger partial charge in [-0.3, -0.25) is 10.2 Å². The number of hydrogen-bond donors (Lipinski definition) is 3. The van der Waals surface area contributed by atoms with Crippen molar-refractivity contribution in [1.29, 1.82) is 5.41 Å². The highest BCUT2D eigenvalue weighted by atomic mass is 19.1. The second kappa shape index (κ2) is 23.7. The van der Waals surface area contributed by atoms with Crippen molar-refractivity contribution in [1.82, 2.24) is 5.32 Å². The third-order valence-electron chi connectivity index (χ3n) is 4.49. The molecular weight excluding hydrogens is 461 g/mol. The fourth-order valence-electron chi connectivity index (χ4n) is 2.57. The zero-order valence-electron chi connectivity index (χ0n) is 23.3. The number of hydrogen-bond acceptors (Lipinski definition) is 3. The molecule has 37 heavy (non-hydrogen) atoms. The SMILES string of the molecule is C/C=C\C(=C/C)C(=O)NC.C/C=C\CC.C=CCC.C=CNc1ccccc1C(=N)c1ccc(F)cc1. The Kier molecular flexibility index (Phi) is 22.6. The smallest absolute Gasteiger partial charge is 0.250 e. The summed E-state index contributed by atoms with van der Waals surface area (Å²) in [6.07, 6.45) is 15.3. The van der Waals surface area contributed by atoms with Gasteiger partial charge in [0.05, 0.1) is 5.71 Å². The molecule has 0 saturated heterocycles. The molecule has 1 amide bonds. The topological polar surface area (TPSA) is 65.0 Å². The minimum absolute atomic E-state index is 0.0411. The van der Waals surface area contributed by atoms with Crippen LogP contribution in [0.2, 0.25) is 0 Å². The minimum Gasteiger partial charge on any atom is -0.362 e. The Morgan fingerprint density at radius 3 is 1.97 bits per heavy atom. The summed E-state index contributed by atoms with van der Waals surface area (Å²) in [4.78, 5) is 10.9. The number of allylic oxidation sites excluding steroid dienone is 5. The number of benzene rings is 2. The summed E-state index contributed by atoms with van der Waals surface area (Å²) in [5, 5.41) is 13.7. The van der Waals surface area contributed by atoms with Gasteiger partial charge in [0, 0.05) is 29.4 Å². The number of anilines is 1. The van der Waals surface area contributed by atoms with E-state index in [0.29, 0.717) is 16.8 Å². The summed E-state index contributed by atoms with van der Waals surface area (Å²) in [5.41, 5.74) is 3.28. The Labute approximate surface area is 223 Å². The predicted molar refractivity (Wildman–Crippen MR) is 161 cm³/mol. The van der Waals surface area contributed by atoms with Crippen molar-refractivity contribution in [3.8, 4) is 0 Å². The maximum atomic E-state index is 12.9. The number of halogens is 1. The summed E-state index contributed by atoms with van der Waals surface area (Å²) in [6.45, 7) is 17.0. The molecule has 0 fully saturated rings. The van der Waals surface area contributed by atoms with E-state index in [1.165, 1.54) is 12.1 Å². The number of nitrogens with one attached hydrogen (secondary N) is 3. The number of carbonyl (C=O) groups excluding carboxylic acids is 1. The third-order valence-corrected chi connectivity index (χ3v) is 4.49. The molecule has 200 valence electrons. The quantitative estimate of drug-likeness (QED) is 0.145. The Morgan fingerprint density at radius 1 is 0.973 bits per heavy atom. The second-order valence-corrected chi connectivity index (χ2v) is 7.27. The van der Waals surface area contributed by atoms with E-state index in [0.717, 1.165) is 24.1 Å². The molecule has 2 aromatic rings. The van der Waals surface area contributed by atoms with Crippen LogP contribution < -0.4 is 10.6 Å². The lowest BCUT2D eigenvalue weighted by Gasteiger charge is -2.10. The van der Waals surface area contributed by atoms with E-state index >= 15 is 0 Å². The first-order valence-electron chi connectivity index (χ1n) is 12.4. The highest BCUT2D eigenvalue weighted by molar-refractivity contribution is 6.14. The molecule has 0 aliphatic carbocycles. The molecule has 0 heterocycles. The fourth-order valence-corrected chi connectivity index (χ4v) is 2.57. The van der Waals surface area contributed by atoms with Crippen molar-refractivity contribution >= 4 is 17.3 Å². The van der Waals surface area contributed by atoms with Crippen molar-refractivity contribution in [3.63, 3.8) is 0 Å². The second-order valence-electron chi connectivity index (χ2n) is 7.27. The van der Waals surface area contributed by atoms with Gasteiger partial charge in [-0.15, -0.1) is 6.58 Å². The van der Waals surface area contributed by atoms with E-state index < -0.39 is 0 Å². The fraction of sp³-hybridized carbons (Fsp3) is 0.250. The van der Waals surface area contributed by atoms with E-state index in [9.17, 15) is 9.18 Å². The van der Waals surface area contributed by atoms with Crippen LogP contribution in [0.3, 0.4) is 0 Å². The van der Waals surface area contributed by atoms with Crippen molar-refractivity contribution < 1.29 is 9.18 Å². The third kappa shape index (κ3) is 16.3. The molecule has 0 unspecified atom stereocenters. The maximum absolute atomic E-state index is 12.9. The van der Waals surface area contributed by atoms with Crippen LogP contribution in [0, 0.1) is 11.2 Å². The summed E-state index contributed by atoms with van der Waals surface area (Å²) in [6, 6.07) is 13.4. The number of amides is 1. The van der Waals surface area contributed by atoms with Gasteiger partial charge in [0.15, 0.2) is 0 Å². The first-order chi connectivity index (χ1) is 17.8. The van der Waals surface area contributed by atoms with Crippen molar-refractivity contribution in [2.24, 2.45) is 0 Å². The highest BCUT2D eigenvalue weighted by Crippen LogP contribution is 2.19. The number of carbonyl (C=O) groups is 1. The molecule has 0 aromatic heterocycles. The molecular formula is C32H44FN3O. The average molecular weight is 506 g/mol. The van der Waals surface area contributed by atoms with E-state index in [-0.39, 0.29) is 11.7 Å². The Bertz CT molecular complexity index is 1020. The standard InChI is InChI=1S/C15H13FN2.C8H13NO.C5H10.C4H8/c1-2-18-14-6-4-3-5-13(14)15(17)11-7-9-12(16)10-8-11;1-4-6-7(5-2)8(10)9-3;1-3-5-4-2;1-3-4-2/h2-10,17-18H,1H2;4-6H,1-3H3,(H,9,10);3,5H,4H2,1-2H3;3H,1,4H2,2H3/b;6-4-,7-5+;5-3-;. The van der Waals surface area contributed by atoms with Gasteiger partial charge in [0.1, 0.15) is 5.82 Å². The van der Waals surface area contributed by atoms with Gasteiger partial charge in [-0.05, 0) is 70.1 Å². The number of likely N-dealkylation sites (N-methyl/N-ethyl adjacent to an activating group) is 1. The zero-order chi connectivity index (χ0) is 28.5. The van der Waals surface area contributed by atoms with Crippen LogP contribution in [0.5, 0.6) is 0 Å². The lowest BCUT2D eigenvalue weighted by atomic mass is 10.0. The maximum Gasteiger partial charge on any atom is 0.250 e. The van der Waals surface area contributed by atoms with Crippen LogP contribution in [-0.2, 0) is 4.79 Å². The summed E-state index contributed by atoms with van der Waals surface area (Å²) in [5.74, 6) is -0.343. The molecule has 3 N–H and O–H groups in total. The molecule has 0 atom stereocenters.